The molecule has 0 saturated carbocycles. The molecule has 0 radical (unpaired) electrons. The molecule has 174 valence electrons. The molecule has 1 atom stereocenters. The number of ether oxygens (including phenoxy) is 1. The SMILES string of the molecule is Cc1cc(C(=O)N2CCOCC2Cc2cc(-n3nccn3)ccc2F)c(-n2nccn2)cc1C. The Morgan fingerprint density at radius 2 is 1.68 bits per heavy atom. The van der Waals surface area contributed by atoms with Crippen molar-refractivity contribution < 1.29 is 13.9 Å². The Morgan fingerprint density at radius 3 is 2.41 bits per heavy atom. The Morgan fingerprint density at radius 1 is 1.00 bits per heavy atom. The molecule has 1 unspecified atom stereocenters. The van der Waals surface area contributed by atoms with Crippen molar-refractivity contribution in [3.8, 4) is 11.4 Å². The van der Waals surface area contributed by atoms with Crippen LogP contribution in [-0.2, 0) is 11.2 Å². The lowest BCUT2D eigenvalue weighted by Crippen LogP contribution is -2.50. The molecular formula is C24H24FN7O2. The summed E-state index contributed by atoms with van der Waals surface area (Å²) in [4.78, 5) is 18.5. The Labute approximate surface area is 195 Å². The van der Waals surface area contributed by atoms with Crippen LogP contribution in [0.4, 0.5) is 4.39 Å². The summed E-state index contributed by atoms with van der Waals surface area (Å²) in [6.45, 7) is 5.09. The van der Waals surface area contributed by atoms with Gasteiger partial charge in [0.25, 0.3) is 5.91 Å². The Balaban J connectivity index is 1.47. The molecule has 2 aromatic carbocycles. The van der Waals surface area contributed by atoms with Crippen LogP contribution < -0.4 is 0 Å². The lowest BCUT2D eigenvalue weighted by atomic mass is 9.99. The highest BCUT2D eigenvalue weighted by Gasteiger charge is 2.31. The van der Waals surface area contributed by atoms with E-state index in [0.717, 1.165) is 11.1 Å². The zero-order valence-corrected chi connectivity index (χ0v) is 18.9. The van der Waals surface area contributed by atoms with Crippen LogP contribution in [0.2, 0.25) is 0 Å². The van der Waals surface area contributed by atoms with Gasteiger partial charge in [0.1, 0.15) is 5.82 Å². The van der Waals surface area contributed by atoms with Gasteiger partial charge in [0, 0.05) is 6.54 Å². The molecule has 10 heteroatoms. The van der Waals surface area contributed by atoms with E-state index in [1.807, 2.05) is 26.0 Å². The molecule has 4 aromatic rings. The smallest absolute Gasteiger partial charge is 0.256 e. The van der Waals surface area contributed by atoms with Crippen molar-refractivity contribution in [2.24, 2.45) is 0 Å². The van der Waals surface area contributed by atoms with E-state index in [4.69, 9.17) is 4.74 Å². The summed E-state index contributed by atoms with van der Waals surface area (Å²) in [5, 5.41) is 16.7. The fourth-order valence-corrected chi connectivity index (χ4v) is 4.17. The van der Waals surface area contributed by atoms with Gasteiger partial charge in [-0.2, -0.15) is 30.0 Å². The molecule has 0 bridgehead atoms. The number of aryl methyl sites for hydroxylation is 2. The molecule has 1 saturated heterocycles. The van der Waals surface area contributed by atoms with Gasteiger partial charge in [-0.3, -0.25) is 4.79 Å². The van der Waals surface area contributed by atoms with Crippen molar-refractivity contribution in [2.75, 3.05) is 19.8 Å². The van der Waals surface area contributed by atoms with E-state index in [2.05, 4.69) is 20.4 Å². The van der Waals surface area contributed by atoms with Crippen LogP contribution in [-0.4, -0.2) is 66.6 Å². The number of benzene rings is 2. The van der Waals surface area contributed by atoms with Gasteiger partial charge < -0.3 is 9.64 Å². The van der Waals surface area contributed by atoms with Crippen molar-refractivity contribution in [1.29, 1.82) is 0 Å². The number of halogens is 1. The second kappa shape index (κ2) is 9.14. The molecule has 1 aliphatic rings. The van der Waals surface area contributed by atoms with Gasteiger partial charge in [-0.15, -0.1) is 0 Å². The highest BCUT2D eigenvalue weighted by atomic mass is 19.1. The maximum Gasteiger partial charge on any atom is 0.256 e. The molecular weight excluding hydrogens is 437 g/mol. The van der Waals surface area contributed by atoms with Gasteiger partial charge in [-0.25, -0.2) is 4.39 Å². The third-order valence-electron chi connectivity index (χ3n) is 6.10. The van der Waals surface area contributed by atoms with Crippen LogP contribution >= 0.6 is 0 Å². The van der Waals surface area contributed by atoms with Gasteiger partial charge in [-0.1, -0.05) is 0 Å². The summed E-state index contributed by atoms with van der Waals surface area (Å²) in [5.41, 5.74) is 4.26. The zero-order chi connectivity index (χ0) is 23.7. The van der Waals surface area contributed by atoms with E-state index in [1.54, 1.807) is 41.8 Å². The van der Waals surface area contributed by atoms with Crippen LogP contribution in [0.3, 0.4) is 0 Å². The average molecular weight is 462 g/mol. The summed E-state index contributed by atoms with van der Waals surface area (Å²) in [5.74, 6) is -0.504. The van der Waals surface area contributed by atoms with Gasteiger partial charge in [0.15, 0.2) is 0 Å². The summed E-state index contributed by atoms with van der Waals surface area (Å²) >= 11 is 0. The zero-order valence-electron chi connectivity index (χ0n) is 18.9. The molecule has 1 amide bonds. The van der Waals surface area contributed by atoms with E-state index in [9.17, 15) is 9.18 Å². The molecule has 0 spiro atoms. The summed E-state index contributed by atoms with van der Waals surface area (Å²) in [6.07, 6.45) is 6.57. The van der Waals surface area contributed by atoms with E-state index in [0.29, 0.717) is 48.7 Å². The average Bonchev–Trinajstić information content (AvgIpc) is 3.57. The number of amides is 1. The first-order valence-corrected chi connectivity index (χ1v) is 11.0. The van der Waals surface area contributed by atoms with Crippen LogP contribution in [0.15, 0.2) is 55.1 Å². The maximum absolute atomic E-state index is 14.8. The summed E-state index contributed by atoms with van der Waals surface area (Å²) in [6, 6.07) is 8.18. The highest BCUT2D eigenvalue weighted by Crippen LogP contribution is 2.24. The van der Waals surface area contributed by atoms with Gasteiger partial charge in [0.2, 0.25) is 0 Å². The lowest BCUT2D eigenvalue weighted by molar-refractivity contribution is -0.00186. The van der Waals surface area contributed by atoms with Gasteiger partial charge >= 0.3 is 0 Å². The predicted molar refractivity (Wildman–Crippen MR) is 121 cm³/mol. The molecule has 1 fully saturated rings. The van der Waals surface area contributed by atoms with Crippen molar-refractivity contribution in [3.63, 3.8) is 0 Å². The predicted octanol–water partition coefficient (Wildman–Crippen LogP) is 2.69. The van der Waals surface area contributed by atoms with Crippen LogP contribution in [0.5, 0.6) is 0 Å². The number of nitrogens with zero attached hydrogens (tertiary/aromatic N) is 7. The number of aromatic nitrogens is 6. The number of hydrogen-bond donors (Lipinski definition) is 0. The van der Waals surface area contributed by atoms with E-state index < -0.39 is 0 Å². The van der Waals surface area contributed by atoms with Gasteiger partial charge in [-0.05, 0) is 67.3 Å². The van der Waals surface area contributed by atoms with Crippen LogP contribution in [0.1, 0.15) is 27.0 Å². The number of morpholine rings is 1. The molecule has 3 heterocycles. The minimum absolute atomic E-state index is 0.158. The maximum atomic E-state index is 14.8. The first-order valence-electron chi connectivity index (χ1n) is 11.0. The molecule has 34 heavy (non-hydrogen) atoms. The molecule has 5 rings (SSSR count). The first kappa shape index (κ1) is 21.9. The van der Waals surface area contributed by atoms with Crippen LogP contribution in [0.25, 0.3) is 11.4 Å². The second-order valence-corrected chi connectivity index (χ2v) is 8.30. The third kappa shape index (κ3) is 4.19. The molecule has 0 N–H and O–H groups in total. The number of hydrogen-bond acceptors (Lipinski definition) is 6. The summed E-state index contributed by atoms with van der Waals surface area (Å²) in [7, 11) is 0. The molecule has 9 nitrogen and oxygen atoms in total. The van der Waals surface area contributed by atoms with Crippen molar-refractivity contribution >= 4 is 5.91 Å². The minimum Gasteiger partial charge on any atom is -0.377 e. The Kier molecular flexibility index (Phi) is 5.89. The molecule has 1 aliphatic heterocycles. The highest BCUT2D eigenvalue weighted by molar-refractivity contribution is 5.98. The quantitative estimate of drug-likeness (QED) is 0.454. The Hall–Kier alpha value is -3.92. The molecule has 2 aromatic heterocycles. The number of carbonyl (C=O) groups excluding carboxylic acids is 1. The number of rotatable bonds is 5. The van der Waals surface area contributed by atoms with Crippen molar-refractivity contribution in [1.82, 2.24) is 34.9 Å². The van der Waals surface area contributed by atoms with E-state index >= 15 is 0 Å². The normalized spacial score (nSPS) is 16.1. The number of carbonyl (C=O) groups is 1. The lowest BCUT2D eigenvalue weighted by Gasteiger charge is -2.36. The van der Waals surface area contributed by atoms with E-state index in [-0.39, 0.29) is 17.8 Å². The minimum atomic E-state index is -0.346. The summed E-state index contributed by atoms with van der Waals surface area (Å²) < 4.78 is 20.4. The second-order valence-electron chi connectivity index (χ2n) is 8.30. The van der Waals surface area contributed by atoms with Gasteiger partial charge in [0.05, 0.1) is 61.0 Å². The monoisotopic (exact) mass is 461 g/mol. The third-order valence-corrected chi connectivity index (χ3v) is 6.10. The molecule has 0 aliphatic carbocycles. The standard InChI is InChI=1S/C24H24FN7O2/c1-16-11-21(23(12-17(16)2)32-28-7-8-29-32)24(33)30-9-10-34-15-20(30)14-18-13-19(3-4-22(18)25)31-26-5-6-27-31/h3-8,11-13,20H,9-10,14-15H2,1-2H3. The van der Waals surface area contributed by atoms with Crippen molar-refractivity contribution in [3.05, 3.63) is 83.2 Å². The van der Waals surface area contributed by atoms with E-state index in [1.165, 1.54) is 15.7 Å². The fraction of sp³-hybridized carbons (Fsp3) is 0.292. The first-order chi connectivity index (χ1) is 16.5. The largest absolute Gasteiger partial charge is 0.377 e. The van der Waals surface area contributed by atoms with Crippen LogP contribution in [0, 0.1) is 19.7 Å². The Bertz CT molecular complexity index is 1310. The topological polar surface area (TPSA) is 91.0 Å². The fourth-order valence-electron chi connectivity index (χ4n) is 4.17. The van der Waals surface area contributed by atoms with Crippen molar-refractivity contribution in [2.45, 2.75) is 26.3 Å².